The van der Waals surface area contributed by atoms with E-state index in [0.29, 0.717) is 0 Å². The fraction of sp³-hybridized carbons (Fsp3) is 1.00. The summed E-state index contributed by atoms with van der Waals surface area (Å²) < 4.78 is 0. The van der Waals surface area contributed by atoms with E-state index in [1.165, 1.54) is 98.2 Å². The minimum atomic E-state index is 1.18. The first-order valence-electron chi connectivity index (χ1n) is 9.86. The smallest absolute Gasteiger partial charge is 0.0110 e. The Labute approximate surface area is 144 Å². The molecule has 2 aliphatic rings. The van der Waals surface area contributed by atoms with Crippen molar-refractivity contribution in [3.8, 4) is 0 Å². The second kappa shape index (κ2) is 10.6. The van der Waals surface area contributed by atoms with Gasteiger partial charge in [0.25, 0.3) is 0 Å². The fourth-order valence-electron chi connectivity index (χ4n) is 3.65. The molecule has 5 nitrogen and oxygen atoms in total. The molecule has 0 unspecified atom stereocenters. The van der Waals surface area contributed by atoms with E-state index < -0.39 is 0 Å². The van der Waals surface area contributed by atoms with Crippen molar-refractivity contribution in [2.45, 2.75) is 20.8 Å². The van der Waals surface area contributed by atoms with Crippen molar-refractivity contribution in [3.63, 3.8) is 0 Å². The van der Waals surface area contributed by atoms with Crippen LogP contribution in [0.4, 0.5) is 0 Å². The molecule has 2 aliphatic heterocycles. The lowest BCUT2D eigenvalue weighted by Gasteiger charge is -2.36. The Bertz CT molecular complexity index is 268. The van der Waals surface area contributed by atoms with Gasteiger partial charge < -0.3 is 14.7 Å². The highest BCUT2D eigenvalue weighted by Gasteiger charge is 2.18. The van der Waals surface area contributed by atoms with E-state index in [0.717, 1.165) is 0 Å². The summed E-state index contributed by atoms with van der Waals surface area (Å²) in [4.78, 5) is 13.1. The Balaban J connectivity index is 1.58. The molecule has 0 aliphatic carbocycles. The van der Waals surface area contributed by atoms with Gasteiger partial charge in [-0.2, -0.15) is 0 Å². The van der Waals surface area contributed by atoms with Crippen molar-refractivity contribution >= 4 is 0 Å². The molecule has 2 fully saturated rings. The molecule has 5 heteroatoms. The van der Waals surface area contributed by atoms with Gasteiger partial charge in [0, 0.05) is 78.5 Å². The molecule has 0 amide bonds. The summed E-state index contributed by atoms with van der Waals surface area (Å²) >= 11 is 0. The molecule has 0 saturated carbocycles. The lowest BCUT2D eigenvalue weighted by atomic mass is 10.3. The summed E-state index contributed by atoms with van der Waals surface area (Å²) in [5.74, 6) is 0. The van der Waals surface area contributed by atoms with Crippen LogP contribution in [-0.2, 0) is 0 Å². The number of hydrogen-bond donors (Lipinski definition) is 0. The summed E-state index contributed by atoms with van der Waals surface area (Å²) in [6, 6.07) is 0. The molecule has 136 valence electrons. The van der Waals surface area contributed by atoms with E-state index in [4.69, 9.17) is 0 Å². The largest absolute Gasteiger partial charge is 0.301 e. The van der Waals surface area contributed by atoms with Crippen LogP contribution in [0.2, 0.25) is 0 Å². The van der Waals surface area contributed by atoms with E-state index in [1.807, 2.05) is 0 Å². The van der Waals surface area contributed by atoms with Crippen LogP contribution in [0.25, 0.3) is 0 Å². The van der Waals surface area contributed by atoms with Gasteiger partial charge in [-0.1, -0.05) is 20.8 Å². The van der Waals surface area contributed by atoms with Crippen LogP contribution in [0.3, 0.4) is 0 Å². The standard InChI is InChI=1S/C18H39N5/c1-4-19-7-13-22(14-8-19)17-11-21(6-3)12-18-23-15-9-20(5-2)10-16-23/h4-18H2,1-3H3. The van der Waals surface area contributed by atoms with Gasteiger partial charge in [-0.3, -0.25) is 9.80 Å². The zero-order valence-electron chi connectivity index (χ0n) is 15.8. The van der Waals surface area contributed by atoms with Crippen LogP contribution in [0.15, 0.2) is 0 Å². The molecule has 23 heavy (non-hydrogen) atoms. The van der Waals surface area contributed by atoms with Crippen molar-refractivity contribution in [2.75, 3.05) is 98.2 Å². The molecule has 2 rings (SSSR count). The molecule has 2 heterocycles. The lowest BCUT2D eigenvalue weighted by molar-refractivity contribution is 0.107. The van der Waals surface area contributed by atoms with Gasteiger partial charge in [0.2, 0.25) is 0 Å². The third-order valence-corrected chi connectivity index (χ3v) is 5.74. The fourth-order valence-corrected chi connectivity index (χ4v) is 3.65. The summed E-state index contributed by atoms with van der Waals surface area (Å²) in [6.45, 7) is 25.4. The molecule has 0 aromatic carbocycles. The Morgan fingerprint density at radius 2 is 0.913 bits per heavy atom. The third kappa shape index (κ3) is 6.67. The van der Waals surface area contributed by atoms with Crippen LogP contribution in [0.1, 0.15) is 20.8 Å². The van der Waals surface area contributed by atoms with E-state index in [2.05, 4.69) is 45.3 Å². The van der Waals surface area contributed by atoms with Crippen molar-refractivity contribution in [1.82, 2.24) is 24.5 Å². The number of piperazine rings is 2. The maximum absolute atomic E-state index is 2.65. The van der Waals surface area contributed by atoms with Crippen LogP contribution < -0.4 is 0 Å². The molecule has 0 aromatic heterocycles. The van der Waals surface area contributed by atoms with Gasteiger partial charge in [0.15, 0.2) is 0 Å². The van der Waals surface area contributed by atoms with Gasteiger partial charge in [-0.05, 0) is 19.6 Å². The Hall–Kier alpha value is -0.200. The van der Waals surface area contributed by atoms with Crippen LogP contribution in [0.5, 0.6) is 0 Å². The number of hydrogen-bond acceptors (Lipinski definition) is 5. The molecular weight excluding hydrogens is 286 g/mol. The van der Waals surface area contributed by atoms with Crippen molar-refractivity contribution in [3.05, 3.63) is 0 Å². The number of nitrogens with zero attached hydrogens (tertiary/aromatic N) is 5. The van der Waals surface area contributed by atoms with Gasteiger partial charge in [-0.25, -0.2) is 0 Å². The minimum Gasteiger partial charge on any atom is -0.301 e. The maximum atomic E-state index is 2.65. The predicted molar refractivity (Wildman–Crippen MR) is 99.2 cm³/mol. The zero-order valence-corrected chi connectivity index (χ0v) is 15.8. The van der Waals surface area contributed by atoms with Gasteiger partial charge in [0.05, 0.1) is 0 Å². The predicted octanol–water partition coefficient (Wildman–Crippen LogP) is 0.583. The molecule has 0 radical (unpaired) electrons. The normalized spacial score (nSPS) is 23.0. The summed E-state index contributed by atoms with van der Waals surface area (Å²) in [6.07, 6.45) is 0. The van der Waals surface area contributed by atoms with Gasteiger partial charge in [0.1, 0.15) is 0 Å². The highest BCUT2D eigenvalue weighted by atomic mass is 15.3. The van der Waals surface area contributed by atoms with Crippen LogP contribution in [0, 0.1) is 0 Å². The van der Waals surface area contributed by atoms with Crippen molar-refractivity contribution in [1.29, 1.82) is 0 Å². The minimum absolute atomic E-state index is 1.18. The van der Waals surface area contributed by atoms with Crippen LogP contribution in [-0.4, -0.2) is 123 Å². The highest BCUT2D eigenvalue weighted by molar-refractivity contribution is 4.74. The molecule has 0 spiro atoms. The van der Waals surface area contributed by atoms with Crippen molar-refractivity contribution in [2.24, 2.45) is 0 Å². The monoisotopic (exact) mass is 325 g/mol. The summed E-state index contributed by atoms with van der Waals surface area (Å²) in [7, 11) is 0. The van der Waals surface area contributed by atoms with E-state index in [1.54, 1.807) is 0 Å². The molecule has 2 saturated heterocycles. The SMILES string of the molecule is CCN1CCN(CCN(CC)CCN2CCN(CC)CC2)CC1. The molecule has 0 aromatic rings. The Morgan fingerprint density at radius 3 is 1.22 bits per heavy atom. The van der Waals surface area contributed by atoms with Gasteiger partial charge in [-0.15, -0.1) is 0 Å². The molecule has 0 bridgehead atoms. The lowest BCUT2D eigenvalue weighted by Crippen LogP contribution is -2.50. The summed E-state index contributed by atoms with van der Waals surface area (Å²) in [5, 5.41) is 0. The number of likely N-dealkylation sites (N-methyl/N-ethyl adjacent to an activating group) is 3. The Kier molecular flexibility index (Phi) is 8.83. The van der Waals surface area contributed by atoms with Crippen molar-refractivity contribution < 1.29 is 0 Å². The quantitative estimate of drug-likeness (QED) is 0.615. The Morgan fingerprint density at radius 1 is 0.565 bits per heavy atom. The first-order chi connectivity index (χ1) is 11.2. The molecule has 0 N–H and O–H groups in total. The van der Waals surface area contributed by atoms with E-state index in [-0.39, 0.29) is 0 Å². The topological polar surface area (TPSA) is 16.2 Å². The van der Waals surface area contributed by atoms with E-state index >= 15 is 0 Å². The second-order valence-electron chi connectivity index (χ2n) is 6.99. The number of rotatable bonds is 9. The van der Waals surface area contributed by atoms with E-state index in [9.17, 15) is 0 Å². The first kappa shape index (κ1) is 19.1. The maximum Gasteiger partial charge on any atom is 0.0110 e. The summed E-state index contributed by atoms with van der Waals surface area (Å²) in [5.41, 5.74) is 0. The molecule has 0 atom stereocenters. The average molecular weight is 326 g/mol. The molecular formula is C18H39N5. The van der Waals surface area contributed by atoms with Crippen LogP contribution >= 0.6 is 0 Å². The van der Waals surface area contributed by atoms with Gasteiger partial charge >= 0.3 is 0 Å². The second-order valence-corrected chi connectivity index (χ2v) is 6.99. The highest BCUT2D eigenvalue weighted by Crippen LogP contribution is 2.03. The average Bonchev–Trinajstić information content (AvgIpc) is 2.62. The third-order valence-electron chi connectivity index (χ3n) is 5.74. The zero-order chi connectivity index (χ0) is 16.5. The first-order valence-corrected chi connectivity index (χ1v) is 9.86.